The molecular formula is C34H26IN5O7S. The first-order chi connectivity index (χ1) is 23.2. The van der Waals surface area contributed by atoms with E-state index in [0.29, 0.717) is 45.8 Å². The van der Waals surface area contributed by atoms with Crippen molar-refractivity contribution in [2.75, 3.05) is 13.7 Å². The number of amides is 1. The number of ether oxygens (including phenoxy) is 2. The van der Waals surface area contributed by atoms with Crippen LogP contribution in [0, 0.1) is 23.8 Å². The van der Waals surface area contributed by atoms with Gasteiger partial charge < -0.3 is 14.5 Å². The number of methoxy groups -OCH3 is 1. The van der Waals surface area contributed by atoms with Crippen LogP contribution in [-0.4, -0.2) is 44.5 Å². The largest absolute Gasteiger partial charge is 0.493 e. The highest BCUT2D eigenvalue weighted by atomic mass is 127. The van der Waals surface area contributed by atoms with Gasteiger partial charge in [0.25, 0.3) is 17.3 Å². The fourth-order valence-corrected chi connectivity index (χ4v) is 6.91. The van der Waals surface area contributed by atoms with E-state index in [-0.39, 0.29) is 23.9 Å². The molecular weight excluding hydrogens is 749 g/mol. The molecule has 1 fully saturated rings. The molecule has 0 spiro atoms. The van der Waals surface area contributed by atoms with Crippen molar-refractivity contribution in [2.45, 2.75) is 13.0 Å². The third-order valence-electron chi connectivity index (χ3n) is 7.53. The van der Waals surface area contributed by atoms with Crippen LogP contribution >= 0.6 is 34.4 Å². The lowest BCUT2D eigenvalue weighted by Crippen LogP contribution is -2.31. The van der Waals surface area contributed by atoms with Crippen molar-refractivity contribution in [1.29, 1.82) is 0 Å². The molecule has 12 nitrogen and oxygen atoms in total. The summed E-state index contributed by atoms with van der Waals surface area (Å²) in [5.41, 5.74) is 3.99. The van der Waals surface area contributed by atoms with Crippen LogP contribution in [0.2, 0.25) is 0 Å². The van der Waals surface area contributed by atoms with Crippen molar-refractivity contribution in [3.8, 4) is 11.5 Å². The highest BCUT2D eigenvalue weighted by Crippen LogP contribution is 2.39. The summed E-state index contributed by atoms with van der Waals surface area (Å²) in [6.45, 7) is 0.542. The van der Waals surface area contributed by atoms with Crippen molar-refractivity contribution in [3.05, 3.63) is 137 Å². The molecule has 0 radical (unpaired) electrons. The molecule has 0 saturated carbocycles. The van der Waals surface area contributed by atoms with Gasteiger partial charge in [-0.3, -0.25) is 29.9 Å². The molecule has 4 aromatic carbocycles. The Kier molecular flexibility index (Phi) is 9.72. The average Bonchev–Trinajstić information content (AvgIpc) is 3.62. The lowest BCUT2D eigenvalue weighted by molar-refractivity contribution is -0.385. The predicted molar refractivity (Wildman–Crippen MR) is 193 cm³/mol. The van der Waals surface area contributed by atoms with Gasteiger partial charge in [-0.15, -0.1) is 0 Å². The molecule has 48 heavy (non-hydrogen) atoms. The Morgan fingerprint density at radius 1 is 0.979 bits per heavy atom. The summed E-state index contributed by atoms with van der Waals surface area (Å²) in [5.74, 6) is 0.750. The summed E-state index contributed by atoms with van der Waals surface area (Å²) >= 11 is 3.36. The number of aromatic nitrogens is 1. The topological polar surface area (TPSA) is 153 Å². The number of nitrogens with one attached hydrogen (secondary N) is 1. The lowest BCUT2D eigenvalue weighted by Gasteiger charge is -2.15. The number of carbonyl (C=O) groups is 1. The molecule has 6 rings (SSSR count). The average molecular weight is 776 g/mol. The first-order valence-corrected chi connectivity index (χ1v) is 16.4. The number of rotatable bonds is 11. The molecule has 1 aliphatic heterocycles. The Bertz CT molecular complexity index is 2100. The minimum atomic E-state index is -0.471. The van der Waals surface area contributed by atoms with Gasteiger partial charge in [0.2, 0.25) is 0 Å². The van der Waals surface area contributed by atoms with Crippen LogP contribution in [0.25, 0.3) is 17.0 Å². The highest BCUT2D eigenvalue weighted by molar-refractivity contribution is 14.1. The second-order valence-electron chi connectivity index (χ2n) is 10.6. The number of aromatic amines is 1. The molecule has 242 valence electrons. The first kappa shape index (κ1) is 32.7. The molecule has 14 heteroatoms. The minimum absolute atomic E-state index is 0.0000989. The number of benzene rings is 4. The third-order valence-corrected chi connectivity index (χ3v) is 9.34. The van der Waals surface area contributed by atoms with Crippen molar-refractivity contribution in [2.24, 2.45) is 4.99 Å². The number of nitrogens with zero attached hydrogens (tertiary/aromatic N) is 4. The second-order valence-corrected chi connectivity index (χ2v) is 12.8. The second kappa shape index (κ2) is 14.3. The van der Waals surface area contributed by atoms with E-state index in [4.69, 9.17) is 14.5 Å². The number of nitro groups is 2. The van der Waals surface area contributed by atoms with E-state index in [1.54, 1.807) is 41.3 Å². The van der Waals surface area contributed by atoms with Crippen LogP contribution in [0.5, 0.6) is 11.5 Å². The van der Waals surface area contributed by atoms with Gasteiger partial charge in [-0.05, 0) is 106 Å². The number of amidine groups is 1. The fraction of sp³-hybridized carbons (Fsp3) is 0.118. The van der Waals surface area contributed by atoms with Gasteiger partial charge in [0.05, 0.1) is 31.1 Å². The summed E-state index contributed by atoms with van der Waals surface area (Å²) in [4.78, 5) is 45.1. The molecule has 0 aliphatic carbocycles. The van der Waals surface area contributed by atoms with Gasteiger partial charge in [0.1, 0.15) is 6.61 Å². The standard InChI is InChI=1S/C34H26IN5O7S/c1-46-30-17-22(16-28(35)32(30)47-20-21-6-10-25(11-7-21)39(42)43)18-31-33(41)38(15-14-23-19-36-29-5-3-2-4-27(23)29)34(48-31)37-24-8-12-26(13-9-24)40(44)45/h2-13,16-19,36H,14-15,20H2,1H3/b31-18-,37-34?. The van der Waals surface area contributed by atoms with Crippen molar-refractivity contribution < 1.29 is 24.1 Å². The molecule has 5 aromatic rings. The number of thioether (sulfide) groups is 1. The first-order valence-electron chi connectivity index (χ1n) is 14.5. The summed E-state index contributed by atoms with van der Waals surface area (Å²) < 4.78 is 12.4. The maximum absolute atomic E-state index is 13.9. The van der Waals surface area contributed by atoms with Gasteiger partial charge >= 0.3 is 0 Å². The Labute approximate surface area is 291 Å². The van der Waals surface area contributed by atoms with E-state index in [9.17, 15) is 25.0 Å². The summed E-state index contributed by atoms with van der Waals surface area (Å²) in [7, 11) is 1.53. The van der Waals surface area contributed by atoms with Gasteiger partial charge in [0, 0.05) is 47.9 Å². The van der Waals surface area contributed by atoms with Crippen LogP contribution < -0.4 is 9.47 Å². The molecule has 1 aliphatic rings. The van der Waals surface area contributed by atoms with Crippen molar-refractivity contribution >= 4 is 79.5 Å². The maximum atomic E-state index is 13.9. The number of non-ortho nitro benzene ring substituents is 2. The van der Waals surface area contributed by atoms with Crippen LogP contribution in [-0.2, 0) is 17.8 Å². The SMILES string of the molecule is COc1cc(/C=C2\SC(=Nc3ccc([N+](=O)[O-])cc3)N(CCc3c[nH]c4ccccc34)C2=O)cc(I)c1OCc1ccc([N+](=O)[O-])cc1. The molecule has 1 amide bonds. The number of hydrogen-bond acceptors (Lipinski definition) is 9. The smallest absolute Gasteiger partial charge is 0.269 e. The van der Waals surface area contributed by atoms with E-state index < -0.39 is 9.85 Å². The third kappa shape index (κ3) is 7.18. The normalized spacial score (nSPS) is 14.6. The van der Waals surface area contributed by atoms with E-state index in [0.717, 1.165) is 25.6 Å². The van der Waals surface area contributed by atoms with Gasteiger partial charge in [-0.2, -0.15) is 0 Å². The van der Waals surface area contributed by atoms with Crippen LogP contribution in [0.3, 0.4) is 0 Å². The zero-order chi connectivity index (χ0) is 33.8. The Balaban J connectivity index is 1.26. The zero-order valence-electron chi connectivity index (χ0n) is 25.3. The number of carbonyl (C=O) groups excluding carboxylic acids is 1. The lowest BCUT2D eigenvalue weighted by atomic mass is 10.1. The molecule has 0 atom stereocenters. The fourth-order valence-electron chi connectivity index (χ4n) is 5.10. The number of halogens is 1. The molecule has 1 N–H and O–H groups in total. The van der Waals surface area contributed by atoms with E-state index in [1.807, 2.05) is 36.5 Å². The predicted octanol–water partition coefficient (Wildman–Crippen LogP) is 8.02. The van der Waals surface area contributed by atoms with Crippen LogP contribution in [0.15, 0.2) is 101 Å². The molecule has 1 saturated heterocycles. The van der Waals surface area contributed by atoms with Crippen LogP contribution in [0.4, 0.5) is 17.1 Å². The number of aliphatic imine (C=N–C) groups is 1. The Hall–Kier alpha value is -5.22. The molecule has 0 bridgehead atoms. The van der Waals surface area contributed by atoms with Crippen LogP contribution in [0.1, 0.15) is 16.7 Å². The number of fused-ring (bicyclic) bond motifs is 1. The quantitative estimate of drug-likeness (QED) is 0.0613. The number of para-hydroxylation sites is 1. The van der Waals surface area contributed by atoms with Crippen molar-refractivity contribution in [1.82, 2.24) is 9.88 Å². The minimum Gasteiger partial charge on any atom is -0.493 e. The Morgan fingerprint density at radius 2 is 1.67 bits per heavy atom. The number of nitro benzene ring substituents is 2. The summed E-state index contributed by atoms with van der Waals surface area (Å²) in [6.07, 6.45) is 4.30. The van der Waals surface area contributed by atoms with E-state index in [2.05, 4.69) is 27.6 Å². The number of hydrogen-bond donors (Lipinski definition) is 1. The summed E-state index contributed by atoms with van der Waals surface area (Å²) in [5, 5.41) is 23.7. The Morgan fingerprint density at radius 3 is 2.35 bits per heavy atom. The van der Waals surface area contributed by atoms with Gasteiger partial charge in [-0.25, -0.2) is 4.99 Å². The monoisotopic (exact) mass is 775 g/mol. The van der Waals surface area contributed by atoms with Crippen molar-refractivity contribution in [3.63, 3.8) is 0 Å². The maximum Gasteiger partial charge on any atom is 0.269 e. The highest BCUT2D eigenvalue weighted by Gasteiger charge is 2.33. The van der Waals surface area contributed by atoms with E-state index in [1.165, 1.54) is 43.1 Å². The number of H-pyrrole nitrogens is 1. The zero-order valence-corrected chi connectivity index (χ0v) is 28.3. The molecule has 2 heterocycles. The molecule has 1 aromatic heterocycles. The van der Waals surface area contributed by atoms with E-state index >= 15 is 0 Å². The summed E-state index contributed by atoms with van der Waals surface area (Å²) in [6, 6.07) is 23.6. The van der Waals surface area contributed by atoms with Gasteiger partial charge in [0.15, 0.2) is 16.7 Å². The molecule has 0 unspecified atom stereocenters. The van der Waals surface area contributed by atoms with Gasteiger partial charge in [-0.1, -0.05) is 18.2 Å².